The number of nitrogens with two attached hydrogens (primary N) is 1. The van der Waals surface area contributed by atoms with Crippen LogP contribution >= 0.6 is 8.53 Å². The third-order valence-electron chi connectivity index (χ3n) is 2.78. The van der Waals surface area contributed by atoms with E-state index < -0.39 is 8.53 Å². The monoisotopic (exact) mass is 303 g/mol. The molecule has 0 aliphatic carbocycles. The van der Waals surface area contributed by atoms with Crippen molar-refractivity contribution >= 4 is 8.53 Å². The standard InChI is InChI=1S/C14H30N3O2P/c1-13(2)17(14(3)4)20(19-12-16-5)18-11-9-7-6-8-10-15/h13-14H,6-12,15H2,1-4H3. The smallest absolute Gasteiger partial charge is 0.324 e. The number of hydrogen-bond donors (Lipinski definition) is 1. The quantitative estimate of drug-likeness (QED) is 0.339. The summed E-state index contributed by atoms with van der Waals surface area (Å²) in [5.74, 6) is 0. The Morgan fingerprint density at radius 1 is 1.05 bits per heavy atom. The minimum absolute atomic E-state index is 0.0643. The molecule has 0 saturated heterocycles. The molecule has 0 amide bonds. The Bertz CT molecular complexity index is 262. The van der Waals surface area contributed by atoms with Gasteiger partial charge in [0.15, 0.2) is 0 Å². The molecule has 0 fully saturated rings. The van der Waals surface area contributed by atoms with Crippen LogP contribution < -0.4 is 5.73 Å². The first kappa shape index (κ1) is 19.8. The molecule has 2 N–H and O–H groups in total. The van der Waals surface area contributed by atoms with E-state index in [1.165, 1.54) is 0 Å². The van der Waals surface area contributed by atoms with Crippen molar-refractivity contribution in [3.63, 3.8) is 0 Å². The molecule has 0 radical (unpaired) electrons. The fourth-order valence-corrected chi connectivity index (χ4v) is 3.50. The average Bonchev–Trinajstić information content (AvgIpc) is 2.38. The fourth-order valence-electron chi connectivity index (χ4n) is 1.96. The van der Waals surface area contributed by atoms with Crippen molar-refractivity contribution < 1.29 is 9.05 Å². The Hall–Kier alpha value is -0.240. The lowest BCUT2D eigenvalue weighted by molar-refractivity contribution is 0.181. The summed E-state index contributed by atoms with van der Waals surface area (Å²) in [4.78, 5) is 3.27. The highest BCUT2D eigenvalue weighted by Crippen LogP contribution is 2.45. The summed E-state index contributed by atoms with van der Waals surface area (Å²) in [7, 11) is -1.14. The molecule has 118 valence electrons. The molecule has 0 aliphatic rings. The van der Waals surface area contributed by atoms with Crippen molar-refractivity contribution in [2.45, 2.75) is 65.5 Å². The Morgan fingerprint density at radius 3 is 2.15 bits per heavy atom. The van der Waals surface area contributed by atoms with Crippen molar-refractivity contribution in [2.75, 3.05) is 19.9 Å². The Morgan fingerprint density at radius 2 is 1.65 bits per heavy atom. The molecule has 0 saturated carbocycles. The first-order valence-electron chi connectivity index (χ1n) is 7.42. The molecule has 0 rings (SSSR count). The normalized spacial score (nSPS) is 13.2. The first-order valence-corrected chi connectivity index (χ1v) is 8.55. The topological polar surface area (TPSA) is 52.1 Å². The second-order valence-corrected chi connectivity index (χ2v) is 6.71. The number of unbranched alkanes of at least 4 members (excludes halogenated alkanes) is 3. The molecule has 1 atom stereocenters. The second kappa shape index (κ2) is 12.5. The van der Waals surface area contributed by atoms with Crippen LogP contribution in [0.25, 0.3) is 4.85 Å². The van der Waals surface area contributed by atoms with Gasteiger partial charge in [-0.2, -0.15) is 0 Å². The highest BCUT2D eigenvalue weighted by Gasteiger charge is 2.27. The van der Waals surface area contributed by atoms with Gasteiger partial charge in [-0.3, -0.25) is 4.85 Å². The van der Waals surface area contributed by atoms with E-state index in [0.29, 0.717) is 18.7 Å². The Labute approximate surface area is 125 Å². The predicted molar refractivity (Wildman–Crippen MR) is 85.1 cm³/mol. The van der Waals surface area contributed by atoms with Crippen LogP contribution in [0.2, 0.25) is 0 Å². The lowest BCUT2D eigenvalue weighted by atomic mass is 10.2. The summed E-state index contributed by atoms with van der Waals surface area (Å²) in [6.07, 6.45) is 4.38. The maximum Gasteiger partial charge on any atom is 0.324 e. The van der Waals surface area contributed by atoms with Gasteiger partial charge in [-0.25, -0.2) is 15.8 Å². The average molecular weight is 303 g/mol. The van der Waals surface area contributed by atoms with E-state index in [2.05, 4.69) is 37.2 Å². The lowest BCUT2D eigenvalue weighted by Crippen LogP contribution is -2.33. The van der Waals surface area contributed by atoms with Gasteiger partial charge in [0.05, 0.1) is 6.61 Å². The molecule has 0 aromatic carbocycles. The summed E-state index contributed by atoms with van der Waals surface area (Å²) < 4.78 is 13.7. The second-order valence-electron chi connectivity index (χ2n) is 5.26. The van der Waals surface area contributed by atoms with Crippen molar-refractivity contribution in [2.24, 2.45) is 5.73 Å². The highest BCUT2D eigenvalue weighted by molar-refractivity contribution is 7.44. The number of hydrogen-bond acceptors (Lipinski definition) is 4. The third-order valence-corrected chi connectivity index (χ3v) is 4.82. The molecular weight excluding hydrogens is 273 g/mol. The molecule has 0 aromatic heterocycles. The van der Waals surface area contributed by atoms with E-state index in [0.717, 1.165) is 32.2 Å². The van der Waals surface area contributed by atoms with Crippen molar-refractivity contribution in [1.82, 2.24) is 4.67 Å². The van der Waals surface area contributed by atoms with Crippen molar-refractivity contribution in [1.29, 1.82) is 0 Å². The Kier molecular flexibility index (Phi) is 12.3. The number of nitrogens with zero attached hydrogens (tertiary/aromatic N) is 2. The molecule has 5 nitrogen and oxygen atoms in total. The molecule has 0 bridgehead atoms. The molecule has 1 unspecified atom stereocenters. The summed E-state index contributed by atoms with van der Waals surface area (Å²) in [5.41, 5.74) is 5.47. The van der Waals surface area contributed by atoms with Gasteiger partial charge in [-0.05, 0) is 47.1 Å². The fraction of sp³-hybridized carbons (Fsp3) is 0.929. The summed E-state index contributed by atoms with van der Waals surface area (Å²) in [6.45, 7) is 16.9. The van der Waals surface area contributed by atoms with Gasteiger partial charge < -0.3 is 10.3 Å². The molecular formula is C14H30N3O2P. The van der Waals surface area contributed by atoms with Gasteiger partial charge in [0.2, 0.25) is 0 Å². The maximum atomic E-state index is 6.87. The van der Waals surface area contributed by atoms with E-state index in [1.54, 1.807) is 0 Å². The third kappa shape index (κ3) is 8.84. The zero-order chi connectivity index (χ0) is 15.4. The van der Waals surface area contributed by atoms with Gasteiger partial charge in [0.1, 0.15) is 0 Å². The molecule has 0 aliphatic heterocycles. The van der Waals surface area contributed by atoms with E-state index in [9.17, 15) is 0 Å². The molecule has 20 heavy (non-hydrogen) atoms. The van der Waals surface area contributed by atoms with E-state index in [-0.39, 0.29) is 6.73 Å². The van der Waals surface area contributed by atoms with Crippen LogP contribution in [-0.2, 0) is 9.05 Å². The summed E-state index contributed by atoms with van der Waals surface area (Å²) >= 11 is 0. The van der Waals surface area contributed by atoms with Gasteiger partial charge in [-0.1, -0.05) is 12.8 Å². The minimum Gasteiger partial charge on any atom is -0.330 e. The van der Waals surface area contributed by atoms with Crippen LogP contribution in [0.1, 0.15) is 53.4 Å². The first-order chi connectivity index (χ1) is 9.54. The highest BCUT2D eigenvalue weighted by atomic mass is 31.2. The van der Waals surface area contributed by atoms with Crippen LogP contribution in [0.5, 0.6) is 0 Å². The molecule has 0 heterocycles. The van der Waals surface area contributed by atoms with Crippen LogP contribution in [0.15, 0.2) is 0 Å². The van der Waals surface area contributed by atoms with Crippen LogP contribution in [0.4, 0.5) is 0 Å². The zero-order valence-electron chi connectivity index (χ0n) is 13.3. The van der Waals surface area contributed by atoms with Crippen molar-refractivity contribution in [3.8, 4) is 0 Å². The molecule has 6 heteroatoms. The van der Waals surface area contributed by atoms with Gasteiger partial charge in [-0.15, -0.1) is 0 Å². The largest absolute Gasteiger partial charge is 0.330 e. The van der Waals surface area contributed by atoms with E-state index in [4.69, 9.17) is 21.4 Å². The van der Waals surface area contributed by atoms with E-state index in [1.807, 2.05) is 0 Å². The zero-order valence-corrected chi connectivity index (χ0v) is 14.2. The van der Waals surface area contributed by atoms with Crippen LogP contribution in [0.3, 0.4) is 0 Å². The number of rotatable bonds is 12. The maximum absolute atomic E-state index is 6.87. The van der Waals surface area contributed by atoms with Crippen LogP contribution in [0, 0.1) is 6.57 Å². The van der Waals surface area contributed by atoms with Gasteiger partial charge in [0, 0.05) is 12.1 Å². The van der Waals surface area contributed by atoms with Gasteiger partial charge in [0.25, 0.3) is 8.53 Å². The Balaban J connectivity index is 4.22. The SMILES string of the molecule is [C-]#[N+]COP(OCCCCCCN)N(C(C)C)C(C)C. The summed E-state index contributed by atoms with van der Waals surface area (Å²) in [5, 5.41) is 0. The minimum atomic E-state index is -1.14. The van der Waals surface area contributed by atoms with E-state index >= 15 is 0 Å². The van der Waals surface area contributed by atoms with Crippen molar-refractivity contribution in [3.05, 3.63) is 11.4 Å². The van der Waals surface area contributed by atoms with Crippen LogP contribution in [-0.4, -0.2) is 36.6 Å². The molecule has 0 aromatic rings. The predicted octanol–water partition coefficient (Wildman–Crippen LogP) is 3.76. The van der Waals surface area contributed by atoms with Gasteiger partial charge >= 0.3 is 6.73 Å². The lowest BCUT2D eigenvalue weighted by Gasteiger charge is -2.34. The summed E-state index contributed by atoms with van der Waals surface area (Å²) in [6, 6.07) is 0.674. The molecule has 0 spiro atoms.